The molecule has 1 fully saturated rings. The lowest BCUT2D eigenvalue weighted by Gasteiger charge is -2.36. The minimum absolute atomic E-state index is 0.0762. The van der Waals surface area contributed by atoms with Crippen molar-refractivity contribution >= 4 is 11.6 Å². The largest absolute Gasteiger partial charge is 0.506 e. The molecule has 9 heteroatoms. The fourth-order valence-electron chi connectivity index (χ4n) is 3.93. The molecule has 0 radical (unpaired) electrons. The van der Waals surface area contributed by atoms with Crippen LogP contribution < -0.4 is 10.2 Å². The van der Waals surface area contributed by atoms with Crippen molar-refractivity contribution < 1.29 is 23.1 Å². The van der Waals surface area contributed by atoms with Crippen LogP contribution in [0, 0.1) is 11.8 Å². The molecule has 0 bridgehead atoms. The summed E-state index contributed by atoms with van der Waals surface area (Å²) >= 11 is 0. The highest BCUT2D eigenvalue weighted by Crippen LogP contribution is 2.20. The van der Waals surface area contributed by atoms with Crippen molar-refractivity contribution in [2.24, 2.45) is 0 Å². The normalized spacial score (nSPS) is 14.1. The standard InChI is InChI=1S/C27H25F3N4O2/c28-27(29,30)19-32-26(36)22-7-9-24(10-8-22)34-13-11-33(12-14-34)18-23-4-2-1-3-21(23)6-5-20-15-25(35)17-31-16-20/h1-4,7-10,15-17,35H,11-14,18-19H2,(H,32,36). The molecular weight excluding hydrogens is 469 g/mol. The van der Waals surface area contributed by atoms with Crippen LogP contribution in [-0.2, 0) is 6.54 Å². The molecule has 1 saturated heterocycles. The Hall–Kier alpha value is -4.03. The monoisotopic (exact) mass is 494 g/mol. The third kappa shape index (κ3) is 6.99. The lowest BCUT2D eigenvalue weighted by atomic mass is 10.1. The summed E-state index contributed by atoms with van der Waals surface area (Å²) in [6.07, 6.45) is -1.47. The van der Waals surface area contributed by atoms with E-state index in [9.17, 15) is 23.1 Å². The topological polar surface area (TPSA) is 68.7 Å². The molecule has 4 rings (SSSR count). The van der Waals surface area contributed by atoms with E-state index in [0.717, 1.165) is 49.5 Å². The van der Waals surface area contributed by atoms with E-state index in [4.69, 9.17) is 0 Å². The van der Waals surface area contributed by atoms with Crippen LogP contribution in [0.25, 0.3) is 0 Å². The molecule has 0 unspecified atom stereocenters. The third-order valence-electron chi connectivity index (χ3n) is 5.79. The van der Waals surface area contributed by atoms with Gasteiger partial charge >= 0.3 is 6.18 Å². The number of aromatic hydroxyl groups is 1. The Balaban J connectivity index is 1.33. The highest BCUT2D eigenvalue weighted by molar-refractivity contribution is 5.94. The van der Waals surface area contributed by atoms with Crippen LogP contribution in [0.2, 0.25) is 0 Å². The van der Waals surface area contributed by atoms with Crippen molar-refractivity contribution in [1.29, 1.82) is 0 Å². The smallest absolute Gasteiger partial charge is 0.405 e. The second-order valence-corrected chi connectivity index (χ2v) is 8.45. The average molecular weight is 495 g/mol. The average Bonchev–Trinajstić information content (AvgIpc) is 2.87. The molecule has 1 amide bonds. The number of carbonyl (C=O) groups excluding carboxylic acids is 1. The van der Waals surface area contributed by atoms with Gasteiger partial charge in [0.1, 0.15) is 12.3 Å². The molecule has 6 nitrogen and oxygen atoms in total. The predicted molar refractivity (Wildman–Crippen MR) is 131 cm³/mol. The molecule has 1 aromatic heterocycles. The molecule has 3 aromatic rings. The van der Waals surface area contributed by atoms with Gasteiger partial charge in [0.25, 0.3) is 5.91 Å². The highest BCUT2D eigenvalue weighted by Gasteiger charge is 2.28. The third-order valence-corrected chi connectivity index (χ3v) is 5.79. The number of anilines is 1. The van der Waals surface area contributed by atoms with E-state index in [2.05, 4.69) is 32.7 Å². The van der Waals surface area contributed by atoms with Crippen LogP contribution in [0.1, 0.15) is 27.0 Å². The molecule has 2 aromatic carbocycles. The van der Waals surface area contributed by atoms with Crippen LogP contribution in [0.5, 0.6) is 5.75 Å². The summed E-state index contributed by atoms with van der Waals surface area (Å²) < 4.78 is 36.9. The van der Waals surface area contributed by atoms with Gasteiger partial charge < -0.3 is 15.3 Å². The summed E-state index contributed by atoms with van der Waals surface area (Å²) in [6, 6.07) is 16.1. The number of nitrogens with one attached hydrogen (secondary N) is 1. The van der Waals surface area contributed by atoms with Gasteiger partial charge in [-0.15, -0.1) is 0 Å². The van der Waals surface area contributed by atoms with Crippen LogP contribution in [-0.4, -0.2) is 59.8 Å². The van der Waals surface area contributed by atoms with Crippen molar-refractivity contribution in [1.82, 2.24) is 15.2 Å². The van der Waals surface area contributed by atoms with E-state index < -0.39 is 18.6 Å². The summed E-state index contributed by atoms with van der Waals surface area (Å²) in [4.78, 5) is 20.4. The number of hydrogen-bond acceptors (Lipinski definition) is 5. The number of carbonyl (C=O) groups is 1. The maximum Gasteiger partial charge on any atom is 0.405 e. The Labute approximate surface area is 207 Å². The first-order valence-electron chi connectivity index (χ1n) is 11.4. The second-order valence-electron chi connectivity index (χ2n) is 8.45. The van der Waals surface area contributed by atoms with E-state index in [-0.39, 0.29) is 11.3 Å². The van der Waals surface area contributed by atoms with E-state index >= 15 is 0 Å². The fourth-order valence-corrected chi connectivity index (χ4v) is 3.93. The highest BCUT2D eigenvalue weighted by atomic mass is 19.4. The Kier molecular flexibility index (Phi) is 7.76. The lowest BCUT2D eigenvalue weighted by Crippen LogP contribution is -2.46. The number of piperazine rings is 1. The van der Waals surface area contributed by atoms with Crippen LogP contribution in [0.15, 0.2) is 67.0 Å². The van der Waals surface area contributed by atoms with Gasteiger partial charge in [-0.1, -0.05) is 30.0 Å². The number of nitrogens with zero attached hydrogens (tertiary/aromatic N) is 3. The van der Waals surface area contributed by atoms with Crippen molar-refractivity contribution in [2.45, 2.75) is 12.7 Å². The van der Waals surface area contributed by atoms with Gasteiger partial charge in [-0.25, -0.2) is 0 Å². The van der Waals surface area contributed by atoms with Crippen molar-refractivity contribution in [2.75, 3.05) is 37.6 Å². The minimum atomic E-state index is -4.44. The number of rotatable bonds is 5. The molecule has 1 aliphatic rings. The Morgan fingerprint density at radius 2 is 1.72 bits per heavy atom. The minimum Gasteiger partial charge on any atom is -0.506 e. The van der Waals surface area contributed by atoms with E-state index in [1.165, 1.54) is 6.20 Å². The fraction of sp³-hybridized carbons (Fsp3) is 0.259. The molecule has 0 saturated carbocycles. The molecular formula is C27H25F3N4O2. The Bertz CT molecular complexity index is 1260. The molecule has 2 N–H and O–H groups in total. The number of aromatic nitrogens is 1. The molecule has 0 aliphatic carbocycles. The van der Waals surface area contributed by atoms with Gasteiger partial charge in [-0.05, 0) is 42.0 Å². The molecule has 186 valence electrons. The van der Waals surface area contributed by atoms with Gasteiger partial charge in [-0.2, -0.15) is 13.2 Å². The maximum atomic E-state index is 12.3. The number of amides is 1. The van der Waals surface area contributed by atoms with Gasteiger partial charge in [0.05, 0.1) is 6.20 Å². The van der Waals surface area contributed by atoms with Crippen LogP contribution in [0.4, 0.5) is 18.9 Å². The summed E-state index contributed by atoms with van der Waals surface area (Å²) in [6.45, 7) is 2.61. The molecule has 2 heterocycles. The number of hydrogen-bond donors (Lipinski definition) is 2. The van der Waals surface area contributed by atoms with E-state index in [1.54, 1.807) is 36.5 Å². The number of alkyl halides is 3. The van der Waals surface area contributed by atoms with Crippen molar-refractivity contribution in [3.63, 3.8) is 0 Å². The first-order chi connectivity index (χ1) is 17.3. The molecule has 0 atom stereocenters. The zero-order valence-electron chi connectivity index (χ0n) is 19.4. The van der Waals surface area contributed by atoms with Gasteiger partial charge in [0, 0.05) is 61.3 Å². The summed E-state index contributed by atoms with van der Waals surface area (Å²) in [7, 11) is 0. The number of halogens is 3. The van der Waals surface area contributed by atoms with Gasteiger partial charge in [0.15, 0.2) is 0 Å². The van der Waals surface area contributed by atoms with E-state index in [0.29, 0.717) is 5.56 Å². The predicted octanol–water partition coefficient (Wildman–Crippen LogP) is 3.80. The van der Waals surface area contributed by atoms with E-state index in [1.807, 2.05) is 23.5 Å². The number of pyridine rings is 1. The summed E-state index contributed by atoms with van der Waals surface area (Å²) in [5.41, 5.74) is 3.79. The van der Waals surface area contributed by atoms with Crippen molar-refractivity contribution in [3.05, 3.63) is 89.2 Å². The Morgan fingerprint density at radius 1 is 1.00 bits per heavy atom. The first-order valence-corrected chi connectivity index (χ1v) is 11.4. The molecule has 36 heavy (non-hydrogen) atoms. The SMILES string of the molecule is O=C(NCC(F)(F)F)c1ccc(N2CCN(Cc3ccccc3C#Cc3cncc(O)c3)CC2)cc1. The van der Waals surface area contributed by atoms with Crippen LogP contribution in [0.3, 0.4) is 0 Å². The number of benzene rings is 2. The quantitative estimate of drug-likeness (QED) is 0.529. The van der Waals surface area contributed by atoms with Gasteiger partial charge in [-0.3, -0.25) is 14.7 Å². The molecule has 1 aliphatic heterocycles. The lowest BCUT2D eigenvalue weighted by molar-refractivity contribution is -0.123. The second kappa shape index (κ2) is 11.1. The van der Waals surface area contributed by atoms with Gasteiger partial charge in [0.2, 0.25) is 0 Å². The summed E-state index contributed by atoms with van der Waals surface area (Å²) in [5.74, 6) is 5.56. The van der Waals surface area contributed by atoms with Crippen LogP contribution >= 0.6 is 0 Å². The Morgan fingerprint density at radius 3 is 2.42 bits per heavy atom. The maximum absolute atomic E-state index is 12.3. The first kappa shape index (κ1) is 25.1. The summed E-state index contributed by atoms with van der Waals surface area (Å²) in [5, 5.41) is 11.5. The van der Waals surface area contributed by atoms with Crippen molar-refractivity contribution in [3.8, 4) is 17.6 Å². The molecule has 0 spiro atoms. The zero-order chi connectivity index (χ0) is 25.5. The zero-order valence-corrected chi connectivity index (χ0v) is 19.4.